The summed E-state index contributed by atoms with van der Waals surface area (Å²) in [5, 5.41) is 2.80. The van der Waals surface area contributed by atoms with Crippen molar-refractivity contribution >= 4 is 47.2 Å². The Bertz CT molecular complexity index is 752. The van der Waals surface area contributed by atoms with Gasteiger partial charge in [0.05, 0.1) is 0 Å². The third-order valence-electron chi connectivity index (χ3n) is 4.07. The Labute approximate surface area is 178 Å². The van der Waals surface area contributed by atoms with E-state index in [1.807, 2.05) is 60.7 Å². The van der Waals surface area contributed by atoms with Crippen LogP contribution in [-0.4, -0.2) is 39.8 Å². The highest BCUT2D eigenvalue weighted by atomic mass is 32.2. The maximum absolute atomic E-state index is 13.0. The second kappa shape index (κ2) is 11.4. The summed E-state index contributed by atoms with van der Waals surface area (Å²) in [7, 11) is 0. The molecule has 2 aromatic carbocycles. The van der Waals surface area contributed by atoms with E-state index < -0.39 is 12.1 Å². The van der Waals surface area contributed by atoms with Gasteiger partial charge in [-0.25, -0.2) is 4.79 Å². The molecule has 28 heavy (non-hydrogen) atoms. The van der Waals surface area contributed by atoms with Crippen molar-refractivity contribution in [3.63, 3.8) is 0 Å². The lowest BCUT2D eigenvalue weighted by Gasteiger charge is -2.25. The predicted octanol–water partition coefficient (Wildman–Crippen LogP) is 4.84. The molecule has 1 amide bonds. The van der Waals surface area contributed by atoms with E-state index in [1.165, 1.54) is 0 Å². The van der Waals surface area contributed by atoms with Crippen molar-refractivity contribution in [3.05, 3.63) is 66.2 Å². The summed E-state index contributed by atoms with van der Waals surface area (Å²) in [4.78, 5) is 26.4. The van der Waals surface area contributed by atoms with Crippen molar-refractivity contribution < 1.29 is 14.3 Å². The first kappa shape index (κ1) is 21.1. The molecule has 0 unspecified atom stereocenters. The zero-order valence-electron chi connectivity index (χ0n) is 15.4. The Kier molecular flexibility index (Phi) is 8.64. The van der Waals surface area contributed by atoms with Gasteiger partial charge in [-0.15, -0.1) is 35.3 Å². The summed E-state index contributed by atoms with van der Waals surface area (Å²) in [5.74, 6) is 2.52. The van der Waals surface area contributed by atoms with Gasteiger partial charge in [0.2, 0.25) is 0 Å². The molecule has 0 saturated carbocycles. The summed E-state index contributed by atoms with van der Waals surface area (Å²) < 4.78 is 5.20. The molecule has 7 heteroatoms. The van der Waals surface area contributed by atoms with Crippen molar-refractivity contribution in [2.75, 3.05) is 17.3 Å². The maximum Gasteiger partial charge on any atom is 0.408 e. The van der Waals surface area contributed by atoms with Crippen molar-refractivity contribution in [2.45, 2.75) is 28.5 Å². The van der Waals surface area contributed by atoms with Gasteiger partial charge >= 0.3 is 6.09 Å². The predicted molar refractivity (Wildman–Crippen MR) is 119 cm³/mol. The Balaban J connectivity index is 1.59. The van der Waals surface area contributed by atoms with E-state index in [4.69, 9.17) is 4.74 Å². The number of carbonyl (C=O) groups excluding carboxylic acids is 2. The van der Waals surface area contributed by atoms with Crippen molar-refractivity contribution in [3.8, 4) is 0 Å². The van der Waals surface area contributed by atoms with Crippen LogP contribution in [0.4, 0.5) is 4.79 Å². The van der Waals surface area contributed by atoms with Gasteiger partial charge in [-0.05, 0) is 35.6 Å². The molecular weight excluding hydrogens is 410 g/mol. The van der Waals surface area contributed by atoms with Crippen LogP contribution in [0.15, 0.2) is 65.6 Å². The zero-order chi connectivity index (χ0) is 19.6. The van der Waals surface area contributed by atoms with Gasteiger partial charge in [0.15, 0.2) is 5.78 Å². The molecule has 1 aliphatic rings. The molecule has 1 heterocycles. The number of thioether (sulfide) groups is 3. The quantitative estimate of drug-likeness (QED) is 0.601. The fraction of sp³-hybridized carbons (Fsp3) is 0.333. The Morgan fingerprint density at radius 1 is 1.04 bits per heavy atom. The largest absolute Gasteiger partial charge is 0.445 e. The van der Waals surface area contributed by atoms with Gasteiger partial charge in [0.25, 0.3) is 0 Å². The van der Waals surface area contributed by atoms with Crippen LogP contribution in [0.1, 0.15) is 12.0 Å². The number of rotatable bonds is 8. The summed E-state index contributed by atoms with van der Waals surface area (Å²) in [5.41, 5.74) is 0.914. The Morgan fingerprint density at radius 3 is 2.36 bits per heavy atom. The van der Waals surface area contributed by atoms with Gasteiger partial charge in [-0.2, -0.15) is 0 Å². The lowest BCUT2D eigenvalue weighted by Crippen LogP contribution is -2.46. The Hall–Kier alpha value is -1.57. The fourth-order valence-corrected chi connectivity index (χ4v) is 6.42. The fourth-order valence-electron chi connectivity index (χ4n) is 2.61. The van der Waals surface area contributed by atoms with Crippen molar-refractivity contribution in [1.29, 1.82) is 0 Å². The minimum atomic E-state index is -0.573. The molecule has 3 rings (SSSR count). The van der Waals surface area contributed by atoms with Gasteiger partial charge in [-0.1, -0.05) is 48.5 Å². The molecule has 1 N–H and O–H groups in total. The number of hydrogen-bond acceptors (Lipinski definition) is 6. The van der Waals surface area contributed by atoms with Gasteiger partial charge < -0.3 is 10.1 Å². The van der Waals surface area contributed by atoms with Gasteiger partial charge in [0, 0.05) is 10.6 Å². The zero-order valence-corrected chi connectivity index (χ0v) is 17.9. The molecule has 4 nitrogen and oxygen atoms in total. The molecule has 0 aromatic heterocycles. The lowest BCUT2D eigenvalue weighted by molar-refractivity contribution is -0.118. The minimum Gasteiger partial charge on any atom is -0.445 e. The number of ketones is 1. The second-order valence-corrected chi connectivity index (χ2v) is 10.0. The van der Waals surface area contributed by atoms with Crippen molar-refractivity contribution in [1.82, 2.24) is 5.32 Å². The topological polar surface area (TPSA) is 55.4 Å². The molecule has 1 saturated heterocycles. The number of carbonyl (C=O) groups is 2. The molecule has 1 atom stereocenters. The van der Waals surface area contributed by atoms with Crippen molar-refractivity contribution in [2.24, 2.45) is 0 Å². The van der Waals surface area contributed by atoms with Crippen LogP contribution >= 0.6 is 35.3 Å². The van der Waals surface area contributed by atoms with Crippen LogP contribution in [0.25, 0.3) is 0 Å². The van der Waals surface area contributed by atoms with E-state index in [-0.39, 0.29) is 17.0 Å². The molecule has 0 radical (unpaired) electrons. The first-order chi connectivity index (χ1) is 13.7. The van der Waals surface area contributed by atoms with Crippen LogP contribution < -0.4 is 5.32 Å². The van der Waals surface area contributed by atoms with Gasteiger partial charge in [0.1, 0.15) is 17.2 Å². The molecular formula is C21H23NO3S3. The molecule has 0 aliphatic carbocycles. The number of ether oxygens (including phenoxy) is 1. The highest BCUT2D eigenvalue weighted by Gasteiger charge is 2.31. The SMILES string of the molecule is O=C(N[C@@H](CSc1ccccc1)C(=O)C1SCCCS1)OCc1ccccc1. The molecule has 1 aliphatic heterocycles. The van der Waals surface area contributed by atoms with Crippen LogP contribution in [0.2, 0.25) is 0 Å². The van der Waals surface area contributed by atoms with E-state index in [9.17, 15) is 9.59 Å². The molecule has 148 valence electrons. The first-order valence-corrected chi connectivity index (χ1v) is 12.2. The normalized spacial score (nSPS) is 15.6. The van der Waals surface area contributed by atoms with Crippen LogP contribution in [-0.2, 0) is 16.1 Å². The van der Waals surface area contributed by atoms with Crippen LogP contribution in [0, 0.1) is 0 Å². The monoisotopic (exact) mass is 433 g/mol. The summed E-state index contributed by atoms with van der Waals surface area (Å²) in [6.45, 7) is 0.187. The smallest absolute Gasteiger partial charge is 0.408 e. The standard InChI is InChI=1S/C21H23NO3S3/c23-19(20-26-12-7-13-27-20)18(15-28-17-10-5-2-6-11-17)22-21(24)25-14-16-8-3-1-4-9-16/h1-6,8-11,18,20H,7,12-15H2,(H,22,24)/t18-/m0/s1. The third kappa shape index (κ3) is 6.79. The lowest BCUT2D eigenvalue weighted by atomic mass is 10.2. The number of benzene rings is 2. The third-order valence-corrected chi connectivity index (χ3v) is 8.11. The van der Waals surface area contributed by atoms with Crippen LogP contribution in [0.3, 0.4) is 0 Å². The number of Topliss-reactive ketones (excluding diaryl/α,β-unsaturated/α-hetero) is 1. The molecule has 2 aromatic rings. The highest BCUT2D eigenvalue weighted by Crippen LogP contribution is 2.32. The first-order valence-electron chi connectivity index (χ1n) is 9.14. The number of alkyl carbamates (subject to hydrolysis) is 1. The Morgan fingerprint density at radius 2 is 1.68 bits per heavy atom. The second-order valence-electron chi connectivity index (χ2n) is 6.21. The van der Waals surface area contributed by atoms with Gasteiger partial charge in [-0.3, -0.25) is 4.79 Å². The maximum atomic E-state index is 13.0. The average Bonchev–Trinajstić information content (AvgIpc) is 2.76. The average molecular weight is 434 g/mol. The number of nitrogens with one attached hydrogen (secondary N) is 1. The van der Waals surface area contributed by atoms with E-state index in [0.717, 1.165) is 28.4 Å². The van der Waals surface area contributed by atoms with E-state index in [2.05, 4.69) is 5.32 Å². The summed E-state index contributed by atoms with van der Waals surface area (Å²) in [6, 6.07) is 18.8. The van der Waals surface area contributed by atoms with Crippen LogP contribution in [0.5, 0.6) is 0 Å². The molecule has 0 bridgehead atoms. The number of amides is 1. The molecule has 1 fully saturated rings. The van der Waals surface area contributed by atoms with E-state index >= 15 is 0 Å². The van der Waals surface area contributed by atoms with E-state index in [1.54, 1.807) is 35.3 Å². The highest BCUT2D eigenvalue weighted by molar-refractivity contribution is 8.18. The summed E-state index contributed by atoms with van der Waals surface area (Å²) in [6.07, 6.45) is 0.566. The number of hydrogen-bond donors (Lipinski definition) is 1. The van der Waals surface area contributed by atoms with E-state index in [0.29, 0.717) is 5.75 Å². The minimum absolute atomic E-state index is 0.0646. The molecule has 0 spiro atoms. The summed E-state index contributed by atoms with van der Waals surface area (Å²) >= 11 is 4.91.